The minimum atomic E-state index is -0.453. The van der Waals surface area contributed by atoms with Gasteiger partial charge in [-0.1, -0.05) is 12.1 Å². The van der Waals surface area contributed by atoms with Gasteiger partial charge in [-0.2, -0.15) is 0 Å². The summed E-state index contributed by atoms with van der Waals surface area (Å²) in [6, 6.07) is 13.4. The number of nitrogens with zero attached hydrogens (tertiary/aromatic N) is 2. The number of amides is 2. The highest BCUT2D eigenvalue weighted by Gasteiger charge is 2.29. The van der Waals surface area contributed by atoms with E-state index in [0.717, 1.165) is 19.3 Å². The number of likely N-dealkylation sites (tertiary alicyclic amines) is 1. The second-order valence-corrected chi connectivity index (χ2v) is 8.20. The van der Waals surface area contributed by atoms with Gasteiger partial charge in [0.15, 0.2) is 6.61 Å². The third-order valence-corrected chi connectivity index (χ3v) is 5.79. The van der Waals surface area contributed by atoms with Crippen LogP contribution in [0.1, 0.15) is 43.5 Å². The Morgan fingerprint density at radius 2 is 1.73 bits per heavy atom. The molecule has 1 heterocycles. The molecule has 1 aliphatic heterocycles. The molecule has 1 saturated heterocycles. The number of ether oxygens (including phenoxy) is 1. The Bertz CT molecular complexity index is 969. The number of nitrogens with one attached hydrogen (secondary N) is 2. The molecule has 0 aromatic heterocycles. The quantitative estimate of drug-likeness (QED) is 0.340. The smallest absolute Gasteiger partial charge is 0.292 e. The molecule has 2 N–H and O–H groups in total. The van der Waals surface area contributed by atoms with E-state index in [1.54, 1.807) is 42.5 Å². The lowest BCUT2D eigenvalue weighted by atomic mass is 9.97. The molecule has 2 unspecified atom stereocenters. The highest BCUT2D eigenvalue weighted by Crippen LogP contribution is 2.23. The molecule has 1 aliphatic rings. The average Bonchev–Trinajstić information content (AvgIpc) is 2.80. The molecule has 0 aliphatic carbocycles. The summed E-state index contributed by atoms with van der Waals surface area (Å²) in [6.45, 7) is 4.74. The summed E-state index contributed by atoms with van der Waals surface area (Å²) in [5.41, 5.74) is 0.848. The normalized spacial score (nSPS) is 17.8. The minimum Gasteiger partial charge on any atom is -0.484 e. The Labute approximate surface area is 193 Å². The van der Waals surface area contributed by atoms with Crippen LogP contribution >= 0.6 is 0 Å². The number of anilines is 1. The number of nitro benzene ring substituents is 1. The SMILES string of the molecule is CC1CCCC(C)N1C(=O)COc1ccc(C(=O)NCCNc2ccccc2[N+](=O)[O-])cc1. The first-order chi connectivity index (χ1) is 15.9. The van der Waals surface area contributed by atoms with Crippen LogP contribution < -0.4 is 15.4 Å². The van der Waals surface area contributed by atoms with Crippen LogP contribution in [0.15, 0.2) is 48.5 Å². The van der Waals surface area contributed by atoms with Crippen LogP contribution in [0.25, 0.3) is 0 Å². The molecular formula is C24H30N4O5. The van der Waals surface area contributed by atoms with E-state index in [0.29, 0.717) is 30.1 Å². The molecule has 0 radical (unpaired) electrons. The summed E-state index contributed by atoms with van der Waals surface area (Å²) < 4.78 is 5.64. The van der Waals surface area contributed by atoms with E-state index < -0.39 is 4.92 Å². The topological polar surface area (TPSA) is 114 Å². The first-order valence-electron chi connectivity index (χ1n) is 11.2. The van der Waals surface area contributed by atoms with Gasteiger partial charge < -0.3 is 20.3 Å². The van der Waals surface area contributed by atoms with Crippen LogP contribution in [0.2, 0.25) is 0 Å². The molecule has 176 valence electrons. The Morgan fingerprint density at radius 1 is 1.06 bits per heavy atom. The van der Waals surface area contributed by atoms with Gasteiger partial charge in [-0.15, -0.1) is 0 Å². The number of rotatable bonds is 9. The Kier molecular flexibility index (Phi) is 8.23. The fraction of sp³-hybridized carbons (Fsp3) is 0.417. The monoisotopic (exact) mass is 454 g/mol. The Morgan fingerprint density at radius 3 is 2.39 bits per heavy atom. The van der Waals surface area contributed by atoms with E-state index in [4.69, 9.17) is 4.74 Å². The number of hydrogen-bond acceptors (Lipinski definition) is 6. The van der Waals surface area contributed by atoms with E-state index >= 15 is 0 Å². The van der Waals surface area contributed by atoms with Gasteiger partial charge in [0, 0.05) is 36.8 Å². The van der Waals surface area contributed by atoms with Crippen molar-refractivity contribution >= 4 is 23.2 Å². The minimum absolute atomic E-state index is 0.0119. The fourth-order valence-corrected chi connectivity index (χ4v) is 4.09. The van der Waals surface area contributed by atoms with Gasteiger partial charge in [0.25, 0.3) is 17.5 Å². The molecule has 1 fully saturated rings. The zero-order valence-electron chi connectivity index (χ0n) is 19.0. The summed E-state index contributed by atoms with van der Waals surface area (Å²) in [5, 5.41) is 16.8. The summed E-state index contributed by atoms with van der Waals surface area (Å²) in [7, 11) is 0. The molecule has 0 spiro atoms. The maximum Gasteiger partial charge on any atom is 0.292 e. The van der Waals surface area contributed by atoms with Crippen molar-refractivity contribution in [3.05, 3.63) is 64.2 Å². The van der Waals surface area contributed by atoms with Crippen LogP contribution in [0, 0.1) is 10.1 Å². The van der Waals surface area contributed by atoms with Crippen molar-refractivity contribution < 1.29 is 19.2 Å². The van der Waals surface area contributed by atoms with Crippen molar-refractivity contribution in [3.8, 4) is 5.75 Å². The van der Waals surface area contributed by atoms with Crippen molar-refractivity contribution in [1.82, 2.24) is 10.2 Å². The maximum absolute atomic E-state index is 12.6. The van der Waals surface area contributed by atoms with Crippen molar-refractivity contribution in [1.29, 1.82) is 0 Å². The highest BCUT2D eigenvalue weighted by molar-refractivity contribution is 5.94. The molecule has 0 bridgehead atoms. The molecule has 2 aromatic carbocycles. The summed E-state index contributed by atoms with van der Waals surface area (Å²) in [6.07, 6.45) is 3.16. The number of para-hydroxylation sites is 2. The van der Waals surface area contributed by atoms with Gasteiger partial charge in [-0.05, 0) is 63.4 Å². The average molecular weight is 455 g/mol. The second-order valence-electron chi connectivity index (χ2n) is 8.20. The van der Waals surface area contributed by atoms with E-state index in [1.165, 1.54) is 6.07 Å². The summed E-state index contributed by atoms with van der Waals surface area (Å²) >= 11 is 0. The lowest BCUT2D eigenvalue weighted by Crippen LogP contribution is -2.49. The third kappa shape index (κ3) is 6.44. The first kappa shape index (κ1) is 24.0. The Balaban J connectivity index is 1.43. The van der Waals surface area contributed by atoms with Gasteiger partial charge in [-0.3, -0.25) is 19.7 Å². The molecule has 33 heavy (non-hydrogen) atoms. The molecule has 9 heteroatoms. The van der Waals surface area contributed by atoms with Crippen LogP contribution in [-0.2, 0) is 4.79 Å². The lowest BCUT2D eigenvalue weighted by Gasteiger charge is -2.38. The number of carbonyl (C=O) groups is 2. The zero-order chi connectivity index (χ0) is 23.8. The molecule has 3 rings (SSSR count). The van der Waals surface area contributed by atoms with Crippen molar-refractivity contribution in [3.63, 3.8) is 0 Å². The van der Waals surface area contributed by atoms with E-state index in [9.17, 15) is 19.7 Å². The van der Waals surface area contributed by atoms with Gasteiger partial charge in [-0.25, -0.2) is 0 Å². The summed E-state index contributed by atoms with van der Waals surface area (Å²) in [5.74, 6) is 0.232. The van der Waals surface area contributed by atoms with E-state index in [-0.39, 0.29) is 36.2 Å². The Hall–Kier alpha value is -3.62. The van der Waals surface area contributed by atoms with Gasteiger partial charge in [0.2, 0.25) is 0 Å². The maximum atomic E-state index is 12.6. The number of hydrogen-bond donors (Lipinski definition) is 2. The first-order valence-corrected chi connectivity index (χ1v) is 11.2. The molecule has 0 saturated carbocycles. The van der Waals surface area contributed by atoms with E-state index in [2.05, 4.69) is 24.5 Å². The van der Waals surface area contributed by atoms with Crippen LogP contribution in [0.5, 0.6) is 5.75 Å². The molecule has 2 amide bonds. The van der Waals surface area contributed by atoms with Gasteiger partial charge in [0.05, 0.1) is 4.92 Å². The predicted molar refractivity (Wildman–Crippen MR) is 125 cm³/mol. The number of piperidine rings is 1. The van der Waals surface area contributed by atoms with Crippen molar-refractivity contribution in [2.75, 3.05) is 25.0 Å². The van der Waals surface area contributed by atoms with Crippen molar-refractivity contribution in [2.45, 2.75) is 45.2 Å². The zero-order valence-corrected chi connectivity index (χ0v) is 19.0. The lowest BCUT2D eigenvalue weighted by molar-refractivity contribution is -0.384. The van der Waals surface area contributed by atoms with Gasteiger partial charge in [0.1, 0.15) is 11.4 Å². The third-order valence-electron chi connectivity index (χ3n) is 5.79. The molecule has 9 nitrogen and oxygen atoms in total. The number of carbonyl (C=O) groups excluding carboxylic acids is 2. The van der Waals surface area contributed by atoms with Crippen LogP contribution in [0.4, 0.5) is 11.4 Å². The van der Waals surface area contributed by atoms with Gasteiger partial charge >= 0.3 is 0 Å². The molecule has 2 atom stereocenters. The number of nitro groups is 1. The van der Waals surface area contributed by atoms with Crippen LogP contribution in [0.3, 0.4) is 0 Å². The highest BCUT2D eigenvalue weighted by atomic mass is 16.6. The largest absolute Gasteiger partial charge is 0.484 e. The number of benzene rings is 2. The fourth-order valence-electron chi connectivity index (χ4n) is 4.09. The second kappa shape index (κ2) is 11.3. The van der Waals surface area contributed by atoms with Crippen LogP contribution in [-0.4, -0.2) is 53.4 Å². The molecular weight excluding hydrogens is 424 g/mol. The van der Waals surface area contributed by atoms with E-state index in [1.807, 2.05) is 4.90 Å². The van der Waals surface area contributed by atoms with Crippen molar-refractivity contribution in [2.24, 2.45) is 0 Å². The standard InChI is InChI=1S/C24H30N4O5/c1-17-6-5-7-18(2)27(17)23(29)16-33-20-12-10-19(11-13-20)24(30)26-15-14-25-21-8-3-4-9-22(21)28(31)32/h3-4,8-13,17-18,25H,5-7,14-16H2,1-2H3,(H,26,30). The molecule has 2 aromatic rings. The summed E-state index contributed by atoms with van der Waals surface area (Å²) in [4.78, 5) is 37.4. The predicted octanol–water partition coefficient (Wildman–Crippen LogP) is 3.61.